The first-order chi connectivity index (χ1) is 10.2. The second kappa shape index (κ2) is 11.6. The van der Waals surface area contributed by atoms with Crippen LogP contribution in [-0.2, 0) is 4.79 Å². The van der Waals surface area contributed by atoms with Gasteiger partial charge in [-0.05, 0) is 45.0 Å². The molecule has 0 bridgehead atoms. The van der Waals surface area contributed by atoms with Crippen molar-refractivity contribution in [1.29, 1.82) is 0 Å². The zero-order valence-electron chi connectivity index (χ0n) is 12.8. The molecule has 21 heavy (non-hydrogen) atoms. The highest BCUT2D eigenvalue weighted by atomic mass is 32.2. The predicted molar refractivity (Wildman–Crippen MR) is 88.6 cm³/mol. The van der Waals surface area contributed by atoms with E-state index in [0.29, 0.717) is 13.1 Å². The molecule has 0 aliphatic carbocycles. The molecular formula is C16H26N2O2S. The van der Waals surface area contributed by atoms with Gasteiger partial charge < -0.3 is 10.4 Å². The number of aliphatic hydroxyl groups excluding tert-OH is 1. The van der Waals surface area contributed by atoms with Crippen LogP contribution in [0.25, 0.3) is 0 Å². The van der Waals surface area contributed by atoms with Gasteiger partial charge in [0.1, 0.15) is 0 Å². The molecule has 1 aromatic rings. The van der Waals surface area contributed by atoms with Crippen LogP contribution in [-0.4, -0.2) is 55.0 Å². The van der Waals surface area contributed by atoms with Crippen molar-refractivity contribution in [1.82, 2.24) is 10.2 Å². The minimum absolute atomic E-state index is 0.0771. The number of unbranched alkanes of at least 4 members (excludes halogenated alkanes) is 2. The van der Waals surface area contributed by atoms with Gasteiger partial charge in [-0.2, -0.15) is 0 Å². The number of hydrogen-bond donors (Lipinski definition) is 2. The van der Waals surface area contributed by atoms with Gasteiger partial charge in [0.25, 0.3) is 0 Å². The monoisotopic (exact) mass is 310 g/mol. The maximum absolute atomic E-state index is 11.8. The first-order valence-electron chi connectivity index (χ1n) is 7.46. The third kappa shape index (κ3) is 9.50. The van der Waals surface area contributed by atoms with Crippen molar-refractivity contribution in [2.45, 2.75) is 24.2 Å². The Balaban J connectivity index is 2.02. The molecule has 0 heterocycles. The molecule has 0 saturated carbocycles. The Morgan fingerprint density at radius 2 is 2.00 bits per heavy atom. The number of carbonyl (C=O) groups excluding carboxylic acids is 1. The summed E-state index contributed by atoms with van der Waals surface area (Å²) >= 11 is 1.75. The minimum Gasteiger partial charge on any atom is -0.396 e. The molecule has 0 unspecified atom stereocenters. The molecule has 0 radical (unpaired) electrons. The third-order valence-electron chi connectivity index (χ3n) is 3.05. The van der Waals surface area contributed by atoms with Crippen molar-refractivity contribution in [3.8, 4) is 0 Å². The van der Waals surface area contributed by atoms with Gasteiger partial charge in [0.15, 0.2) is 0 Å². The van der Waals surface area contributed by atoms with E-state index in [0.717, 1.165) is 31.6 Å². The van der Waals surface area contributed by atoms with Gasteiger partial charge in [-0.1, -0.05) is 18.2 Å². The number of nitrogens with zero attached hydrogens (tertiary/aromatic N) is 1. The fraction of sp³-hybridized carbons (Fsp3) is 0.562. The molecule has 1 aromatic carbocycles. The normalized spacial score (nSPS) is 10.8. The van der Waals surface area contributed by atoms with Gasteiger partial charge in [0, 0.05) is 23.8 Å². The topological polar surface area (TPSA) is 52.6 Å². The van der Waals surface area contributed by atoms with Crippen LogP contribution in [0.4, 0.5) is 0 Å². The van der Waals surface area contributed by atoms with Crippen molar-refractivity contribution in [3.63, 3.8) is 0 Å². The third-order valence-corrected chi connectivity index (χ3v) is 4.06. The fourth-order valence-corrected chi connectivity index (χ4v) is 2.72. The molecule has 1 rings (SSSR count). The summed E-state index contributed by atoms with van der Waals surface area (Å²) in [6.07, 6.45) is 2.88. The van der Waals surface area contributed by atoms with Gasteiger partial charge in [0.2, 0.25) is 5.91 Å². The lowest BCUT2D eigenvalue weighted by Gasteiger charge is -2.15. The second-order valence-corrected chi connectivity index (χ2v) is 6.20. The Bertz CT molecular complexity index is 387. The van der Waals surface area contributed by atoms with Crippen LogP contribution in [0.5, 0.6) is 0 Å². The van der Waals surface area contributed by atoms with E-state index in [2.05, 4.69) is 17.4 Å². The van der Waals surface area contributed by atoms with Crippen LogP contribution in [0.3, 0.4) is 0 Å². The number of likely N-dealkylation sites (N-methyl/N-ethyl adjacent to an activating group) is 1. The summed E-state index contributed by atoms with van der Waals surface area (Å²) in [4.78, 5) is 15.0. The number of rotatable bonds is 11. The lowest BCUT2D eigenvalue weighted by atomic mass is 10.2. The quantitative estimate of drug-likeness (QED) is 0.485. The summed E-state index contributed by atoms with van der Waals surface area (Å²) in [5, 5.41) is 11.6. The minimum atomic E-state index is 0.0771. The number of aliphatic hydroxyl groups is 1. The van der Waals surface area contributed by atoms with Gasteiger partial charge in [-0.15, -0.1) is 11.8 Å². The van der Waals surface area contributed by atoms with Crippen LogP contribution in [0.1, 0.15) is 19.3 Å². The number of hydrogen-bond acceptors (Lipinski definition) is 4. The summed E-state index contributed by atoms with van der Waals surface area (Å²) in [7, 11) is 1.96. The van der Waals surface area contributed by atoms with Gasteiger partial charge in [-0.25, -0.2) is 0 Å². The summed E-state index contributed by atoms with van der Waals surface area (Å²) in [6.45, 7) is 2.28. The van der Waals surface area contributed by atoms with Crippen molar-refractivity contribution in [2.75, 3.05) is 39.0 Å². The van der Waals surface area contributed by atoms with E-state index >= 15 is 0 Å². The highest BCUT2D eigenvalue weighted by Crippen LogP contribution is 2.15. The van der Waals surface area contributed by atoms with E-state index in [1.165, 1.54) is 4.90 Å². The number of nitrogens with one attached hydrogen (secondary N) is 1. The lowest BCUT2D eigenvalue weighted by Crippen LogP contribution is -2.36. The summed E-state index contributed by atoms with van der Waals surface area (Å²) in [5.74, 6) is 0.962. The number of thioether (sulfide) groups is 1. The van der Waals surface area contributed by atoms with Gasteiger partial charge in [0.05, 0.1) is 6.54 Å². The van der Waals surface area contributed by atoms with Crippen molar-refractivity contribution >= 4 is 17.7 Å². The molecule has 0 aliphatic rings. The largest absolute Gasteiger partial charge is 0.396 e. The Morgan fingerprint density at radius 3 is 2.71 bits per heavy atom. The van der Waals surface area contributed by atoms with E-state index in [9.17, 15) is 4.79 Å². The fourth-order valence-electron chi connectivity index (χ4n) is 1.93. The SMILES string of the molecule is CN(CCCCCO)CC(=O)NCCSc1ccccc1. The maximum atomic E-state index is 11.8. The molecule has 0 spiro atoms. The number of amides is 1. The Kier molecular flexibility index (Phi) is 9.95. The number of carbonyl (C=O) groups is 1. The zero-order chi connectivity index (χ0) is 15.3. The van der Waals surface area contributed by atoms with Crippen LogP contribution < -0.4 is 5.32 Å². The Morgan fingerprint density at radius 1 is 1.24 bits per heavy atom. The van der Waals surface area contributed by atoms with Crippen molar-refractivity contribution in [2.24, 2.45) is 0 Å². The molecule has 0 aromatic heterocycles. The first-order valence-corrected chi connectivity index (χ1v) is 8.45. The molecule has 5 heteroatoms. The highest BCUT2D eigenvalue weighted by Gasteiger charge is 2.05. The van der Waals surface area contributed by atoms with E-state index in [-0.39, 0.29) is 12.5 Å². The predicted octanol–water partition coefficient (Wildman–Crippen LogP) is 1.99. The van der Waals surface area contributed by atoms with Gasteiger partial charge in [-0.3, -0.25) is 9.69 Å². The van der Waals surface area contributed by atoms with Crippen LogP contribution in [0.2, 0.25) is 0 Å². The van der Waals surface area contributed by atoms with Crippen molar-refractivity contribution < 1.29 is 9.90 Å². The van der Waals surface area contributed by atoms with E-state index in [1.807, 2.05) is 30.1 Å². The number of benzene rings is 1. The maximum Gasteiger partial charge on any atom is 0.234 e. The van der Waals surface area contributed by atoms with Crippen molar-refractivity contribution in [3.05, 3.63) is 30.3 Å². The summed E-state index contributed by atoms with van der Waals surface area (Å²) in [6, 6.07) is 10.2. The van der Waals surface area contributed by atoms with Gasteiger partial charge >= 0.3 is 0 Å². The Labute approximate surface area is 131 Å². The van der Waals surface area contributed by atoms with E-state index in [4.69, 9.17) is 5.11 Å². The van der Waals surface area contributed by atoms with Crippen LogP contribution in [0, 0.1) is 0 Å². The average molecular weight is 310 g/mol. The molecule has 0 atom stereocenters. The molecule has 118 valence electrons. The standard InChI is InChI=1S/C16H26N2O2S/c1-18(11-6-3-7-12-19)14-16(20)17-10-13-21-15-8-4-2-5-9-15/h2,4-5,8-9,19H,3,6-7,10-14H2,1H3,(H,17,20). The van der Waals surface area contributed by atoms with E-state index < -0.39 is 0 Å². The molecular weight excluding hydrogens is 284 g/mol. The lowest BCUT2D eigenvalue weighted by molar-refractivity contribution is -0.121. The summed E-state index contributed by atoms with van der Waals surface area (Å²) in [5.41, 5.74) is 0. The average Bonchev–Trinajstić information content (AvgIpc) is 2.49. The van der Waals surface area contributed by atoms with E-state index in [1.54, 1.807) is 11.8 Å². The molecule has 0 saturated heterocycles. The smallest absolute Gasteiger partial charge is 0.234 e. The van der Waals surface area contributed by atoms with Crippen LogP contribution >= 0.6 is 11.8 Å². The molecule has 0 aliphatic heterocycles. The molecule has 0 fully saturated rings. The summed E-state index contributed by atoms with van der Waals surface area (Å²) < 4.78 is 0. The molecule has 4 nitrogen and oxygen atoms in total. The Hall–Kier alpha value is -1.04. The first kappa shape index (κ1) is 18.0. The molecule has 1 amide bonds. The highest BCUT2D eigenvalue weighted by molar-refractivity contribution is 7.99. The second-order valence-electron chi connectivity index (χ2n) is 5.03. The van der Waals surface area contributed by atoms with Crippen LogP contribution in [0.15, 0.2) is 35.2 Å². The molecule has 2 N–H and O–H groups in total. The zero-order valence-corrected chi connectivity index (χ0v) is 13.6.